The molecule has 0 saturated heterocycles. The summed E-state index contributed by atoms with van der Waals surface area (Å²) in [6.45, 7) is 3.64. The molecule has 8 rings (SSSR count). The molecule has 2 aliphatic heterocycles. The highest BCUT2D eigenvalue weighted by Gasteiger charge is 2.20. The highest BCUT2D eigenvalue weighted by atomic mass is 35.5. The normalized spacial score (nSPS) is 12.1. The molecule has 0 radical (unpaired) electrons. The fourth-order valence-corrected chi connectivity index (χ4v) is 9.09. The summed E-state index contributed by atoms with van der Waals surface area (Å²) in [4.78, 5) is 10.3. The van der Waals surface area contributed by atoms with E-state index >= 15 is 0 Å². The molecule has 2 aliphatic rings. The monoisotopic (exact) mass is 986 g/mol. The van der Waals surface area contributed by atoms with Crippen LogP contribution in [0.2, 0.25) is 0 Å². The van der Waals surface area contributed by atoms with Crippen molar-refractivity contribution >= 4 is 89.3 Å². The zero-order chi connectivity index (χ0) is 45.5. The average Bonchev–Trinajstić information content (AvgIpc) is 3.21. The summed E-state index contributed by atoms with van der Waals surface area (Å²) < 4.78 is 62.3. The molecule has 6 N–H and O–H groups in total. The molecule has 0 amide bonds. The lowest BCUT2D eigenvalue weighted by Crippen LogP contribution is -3.00. The average molecular weight is 988 g/mol. The van der Waals surface area contributed by atoms with E-state index in [0.29, 0.717) is 0 Å². The summed E-state index contributed by atoms with van der Waals surface area (Å²) in [6.07, 6.45) is 0. The lowest BCUT2D eigenvalue weighted by atomic mass is 10.2. The van der Waals surface area contributed by atoms with E-state index in [9.17, 15) is 25.9 Å². The molecule has 344 valence electrons. The lowest BCUT2D eigenvalue weighted by molar-refractivity contribution is -0.786. The van der Waals surface area contributed by atoms with Gasteiger partial charge in [0, 0.05) is 68.1 Å². The molecule has 0 unspecified atom stereocenters. The van der Waals surface area contributed by atoms with E-state index in [1.54, 1.807) is 24.3 Å². The number of anilines is 4. The first kappa shape index (κ1) is 54.2. The van der Waals surface area contributed by atoms with E-state index in [1.807, 2.05) is 37.4 Å². The van der Waals surface area contributed by atoms with Gasteiger partial charge in [0.05, 0.1) is 88.9 Å². The van der Waals surface area contributed by atoms with Gasteiger partial charge in [0.2, 0.25) is 0 Å². The topological polar surface area (TPSA) is 156 Å². The highest BCUT2D eigenvalue weighted by Crippen LogP contribution is 2.46. The number of halogens is 2. The number of quaternary nitrogens is 4. The molecule has 18 heteroatoms. The van der Waals surface area contributed by atoms with Gasteiger partial charge in [-0.2, -0.15) is 0 Å². The Morgan fingerprint density at radius 2 is 0.609 bits per heavy atom. The van der Waals surface area contributed by atoms with Crippen LogP contribution in [0.25, 0.3) is 0 Å². The Labute approximate surface area is 399 Å². The van der Waals surface area contributed by atoms with Crippen molar-refractivity contribution in [2.75, 3.05) is 67.0 Å². The van der Waals surface area contributed by atoms with E-state index in [1.165, 1.54) is 109 Å². The number of hydrogen-bond donors (Lipinski definition) is 6. The first-order valence-corrected chi connectivity index (χ1v) is 24.3. The lowest BCUT2D eigenvalue weighted by Gasteiger charge is -2.22. The van der Waals surface area contributed by atoms with Crippen LogP contribution in [0.4, 0.5) is 45.5 Å². The van der Waals surface area contributed by atoms with Gasteiger partial charge >= 0.3 is 0 Å². The maximum Gasteiger partial charge on any atom is 0.132 e. The van der Waals surface area contributed by atoms with Gasteiger partial charge in [0.25, 0.3) is 0 Å². The number of rotatable bonds is 6. The van der Waals surface area contributed by atoms with Crippen molar-refractivity contribution in [1.29, 1.82) is 0 Å². The fraction of sp³-hybridized carbons (Fsp3) is 0.217. The first-order chi connectivity index (χ1) is 29.1. The molecule has 64 heavy (non-hydrogen) atoms. The molecule has 0 saturated carbocycles. The van der Waals surface area contributed by atoms with E-state index in [0.717, 1.165) is 11.1 Å². The zero-order valence-electron chi connectivity index (χ0n) is 37.4. The third kappa shape index (κ3) is 15.0. The van der Waals surface area contributed by atoms with Gasteiger partial charge in [-0.3, -0.25) is 0 Å². The summed E-state index contributed by atoms with van der Waals surface area (Å²) in [5, 5.41) is 7.07. The second-order valence-electron chi connectivity index (χ2n) is 15.8. The number of benzene rings is 6. The van der Waals surface area contributed by atoms with Gasteiger partial charge in [0.1, 0.15) is 43.0 Å². The molecule has 6 aromatic rings. The standard InChI is InChI=1S/2C16H19N3S.2C7H8O3S.2ClH/c2*1-18(2)11-5-7-13-15(9-11)20-16-10-12(19(3)4)6-8-14(16)17-13;2*1-6-2-4-7(5-3-6)11(8,9)10;;/h2*5-10,17H,1-4H3;2*2-5H,1H3,(H,8,9,10);2*1H. The minimum Gasteiger partial charge on any atom is -1.00 e. The third-order valence-electron chi connectivity index (χ3n) is 9.83. The molecule has 0 spiro atoms. The second-order valence-corrected chi connectivity index (χ2v) is 20.8. The number of aryl methyl sites for hydroxylation is 2. The minimum atomic E-state index is -4.27. The summed E-state index contributed by atoms with van der Waals surface area (Å²) in [5.74, 6) is 0. The molecule has 6 aromatic carbocycles. The third-order valence-corrected chi connectivity index (χ3v) is 13.8. The number of nitrogens with one attached hydrogen (secondary N) is 6. The second kappa shape index (κ2) is 23.4. The Balaban J connectivity index is 0.000000233. The Morgan fingerprint density at radius 1 is 0.391 bits per heavy atom. The molecule has 0 aliphatic carbocycles. The van der Waals surface area contributed by atoms with Crippen molar-refractivity contribution in [2.24, 2.45) is 0 Å². The van der Waals surface area contributed by atoms with Gasteiger partial charge in [-0.05, 0) is 62.4 Å². The predicted octanol–water partition coefficient (Wildman–Crippen LogP) is -1.30. The largest absolute Gasteiger partial charge is 1.00 e. The maximum absolute atomic E-state index is 10.4. The van der Waals surface area contributed by atoms with E-state index < -0.39 is 20.2 Å². The maximum atomic E-state index is 10.4. The molecule has 0 aromatic heterocycles. The van der Waals surface area contributed by atoms with Crippen molar-refractivity contribution in [2.45, 2.75) is 43.2 Å². The highest BCUT2D eigenvalue weighted by molar-refractivity contribution is 8.00. The summed E-state index contributed by atoms with van der Waals surface area (Å²) >= 11 is 3.71. The van der Waals surface area contributed by atoms with Crippen LogP contribution in [0.15, 0.2) is 151 Å². The summed E-state index contributed by atoms with van der Waals surface area (Å²) in [7, 11) is 8.72. The van der Waals surface area contributed by atoms with Crippen LogP contribution in [-0.2, 0) is 20.2 Å². The van der Waals surface area contributed by atoms with Crippen LogP contribution in [0.1, 0.15) is 11.1 Å². The van der Waals surface area contributed by atoms with Crippen LogP contribution in [-0.4, -0.2) is 82.3 Å². The fourth-order valence-electron chi connectivity index (χ4n) is 6.02. The van der Waals surface area contributed by atoms with Gasteiger partial charge in [-0.1, -0.05) is 58.9 Å². The molecule has 0 bridgehead atoms. The predicted molar refractivity (Wildman–Crippen MR) is 249 cm³/mol. The van der Waals surface area contributed by atoms with Crippen LogP contribution < -0.4 is 55.0 Å². The van der Waals surface area contributed by atoms with Gasteiger partial charge < -0.3 is 64.2 Å². The molecule has 0 atom stereocenters. The molecular formula is C46H56Cl2N6O6S4. The Morgan fingerprint density at radius 3 is 0.797 bits per heavy atom. The van der Waals surface area contributed by atoms with Crippen LogP contribution in [0.5, 0.6) is 0 Å². The Hall–Kier alpha value is -4.14. The van der Waals surface area contributed by atoms with Crippen molar-refractivity contribution < 1.29 is 70.4 Å². The van der Waals surface area contributed by atoms with Crippen LogP contribution >= 0.6 is 23.5 Å². The molecule has 2 heterocycles. The number of hydrogen-bond acceptors (Lipinski definition) is 10. The quantitative estimate of drug-likeness (QED) is 0.111. The van der Waals surface area contributed by atoms with Crippen molar-refractivity contribution in [3.63, 3.8) is 0 Å². The van der Waals surface area contributed by atoms with Crippen LogP contribution in [0.3, 0.4) is 0 Å². The zero-order valence-corrected chi connectivity index (χ0v) is 42.2. The van der Waals surface area contributed by atoms with Gasteiger partial charge in [-0.25, -0.2) is 16.8 Å². The van der Waals surface area contributed by atoms with E-state index in [2.05, 4.69) is 140 Å². The number of fused-ring (bicyclic) bond motifs is 4. The van der Waals surface area contributed by atoms with E-state index in [4.69, 9.17) is 0 Å². The van der Waals surface area contributed by atoms with Gasteiger partial charge in [0.15, 0.2) is 0 Å². The summed E-state index contributed by atoms with van der Waals surface area (Å²) in [5.41, 5.74) is 11.9. The van der Waals surface area contributed by atoms with Crippen molar-refractivity contribution in [1.82, 2.24) is 0 Å². The van der Waals surface area contributed by atoms with Crippen molar-refractivity contribution in [3.05, 3.63) is 132 Å². The molecule has 0 fully saturated rings. The Bertz CT molecular complexity index is 2440. The van der Waals surface area contributed by atoms with Crippen molar-refractivity contribution in [3.8, 4) is 0 Å². The molecule has 12 nitrogen and oxygen atoms in total. The summed E-state index contributed by atoms with van der Waals surface area (Å²) in [6, 6.07) is 38.1. The van der Waals surface area contributed by atoms with E-state index in [-0.39, 0.29) is 34.6 Å². The SMILES string of the molecule is C[NH+](C)c1ccc2c(c1)Sc1cc([NH+](C)C)ccc1N2.C[NH+](C)c1ccc2c(c1)Sc1cc([NH+](C)C)ccc1N2.Cc1ccc(S(=O)(=O)[O-])cc1.Cc1ccc(S(=O)(=O)[O-])cc1.[Cl-].[Cl-]. The van der Waals surface area contributed by atoms with Gasteiger partial charge in [-0.15, -0.1) is 0 Å². The first-order valence-electron chi connectivity index (χ1n) is 19.8. The van der Waals surface area contributed by atoms with Crippen LogP contribution in [0, 0.1) is 13.8 Å². The minimum absolute atomic E-state index is 0. The molecular weight excluding hydrogens is 932 g/mol. The smallest absolute Gasteiger partial charge is 0.132 e. The Kier molecular flexibility index (Phi) is 19.8.